The molecule has 0 aliphatic heterocycles. The van der Waals surface area contributed by atoms with E-state index in [0.29, 0.717) is 25.8 Å². The number of carboxylic acid groups (broad SMARTS) is 1. The molecule has 1 aromatic heterocycles. The number of aromatic amines is 1. The van der Waals surface area contributed by atoms with Crippen molar-refractivity contribution in [3.63, 3.8) is 0 Å². The van der Waals surface area contributed by atoms with Gasteiger partial charge in [0.05, 0.1) is 6.04 Å². The van der Waals surface area contributed by atoms with E-state index in [4.69, 9.17) is 17.2 Å². The summed E-state index contributed by atoms with van der Waals surface area (Å²) in [6, 6.07) is 3.06. The molecule has 0 radical (unpaired) electrons. The number of unbranched alkanes of at least 4 members (excludes halogenated alkanes) is 1. The number of carbonyl (C=O) groups excluding carboxylic acids is 4. The number of fused-ring (bicyclic) bond motifs is 1. The molecule has 13 nitrogen and oxygen atoms in total. The first kappa shape index (κ1) is 33.2. The molecule has 41 heavy (non-hydrogen) atoms. The minimum absolute atomic E-state index is 0.00121. The van der Waals surface area contributed by atoms with Gasteiger partial charge in [0, 0.05) is 29.9 Å². The molecule has 1 aromatic carbocycles. The van der Waals surface area contributed by atoms with Crippen LogP contribution in [-0.4, -0.2) is 70.4 Å². The van der Waals surface area contributed by atoms with Crippen LogP contribution in [0.15, 0.2) is 30.5 Å². The summed E-state index contributed by atoms with van der Waals surface area (Å²) >= 11 is 0. The Bertz CT molecular complexity index is 1200. The second kappa shape index (κ2) is 16.3. The summed E-state index contributed by atoms with van der Waals surface area (Å²) in [4.78, 5) is 65.8. The number of nitrogens with two attached hydrogens (primary N) is 3. The molecule has 2 aromatic rings. The zero-order valence-corrected chi connectivity index (χ0v) is 23.7. The molecule has 0 aliphatic rings. The Labute approximate surface area is 239 Å². The van der Waals surface area contributed by atoms with Gasteiger partial charge in [-0.25, -0.2) is 4.79 Å². The van der Waals surface area contributed by atoms with E-state index in [1.807, 2.05) is 31.2 Å². The molecule has 0 saturated heterocycles. The van der Waals surface area contributed by atoms with Gasteiger partial charge in [0.15, 0.2) is 0 Å². The highest BCUT2D eigenvalue weighted by Gasteiger charge is 2.33. The van der Waals surface area contributed by atoms with E-state index in [1.165, 1.54) is 0 Å². The zero-order chi connectivity index (χ0) is 30.5. The van der Waals surface area contributed by atoms with Gasteiger partial charge in [0.2, 0.25) is 23.6 Å². The Morgan fingerprint density at radius 1 is 0.951 bits per heavy atom. The molecule has 2 rings (SSSR count). The van der Waals surface area contributed by atoms with Crippen LogP contribution in [0.2, 0.25) is 0 Å². The maximum atomic E-state index is 13.6. The first-order valence-corrected chi connectivity index (χ1v) is 13.9. The minimum atomic E-state index is -1.18. The predicted octanol–water partition coefficient (Wildman–Crippen LogP) is 0.0173. The van der Waals surface area contributed by atoms with Crippen molar-refractivity contribution in [1.82, 2.24) is 20.9 Å². The van der Waals surface area contributed by atoms with Gasteiger partial charge in [-0.2, -0.15) is 0 Å². The van der Waals surface area contributed by atoms with Crippen LogP contribution in [0.25, 0.3) is 10.9 Å². The second-order valence-electron chi connectivity index (χ2n) is 10.3. The fourth-order valence-electron chi connectivity index (χ4n) is 4.40. The van der Waals surface area contributed by atoms with Crippen molar-refractivity contribution >= 4 is 40.5 Å². The van der Waals surface area contributed by atoms with Crippen molar-refractivity contribution in [2.75, 3.05) is 6.54 Å². The Hall–Kier alpha value is -3.97. The Balaban J connectivity index is 2.28. The molecule has 5 unspecified atom stereocenters. The average molecular weight is 574 g/mol. The lowest BCUT2D eigenvalue weighted by molar-refractivity contribution is -0.143. The van der Waals surface area contributed by atoms with Crippen LogP contribution in [0.4, 0.5) is 0 Å². The lowest BCUT2D eigenvalue weighted by Crippen LogP contribution is -2.59. The van der Waals surface area contributed by atoms with Crippen LogP contribution in [0.1, 0.15) is 57.9 Å². The van der Waals surface area contributed by atoms with Gasteiger partial charge in [-0.05, 0) is 49.8 Å². The van der Waals surface area contributed by atoms with E-state index in [0.717, 1.165) is 16.5 Å². The predicted molar refractivity (Wildman–Crippen MR) is 154 cm³/mol. The number of amides is 4. The molecule has 0 aliphatic carbocycles. The number of aliphatic carboxylic acids is 1. The number of para-hydroxylation sites is 1. The summed E-state index contributed by atoms with van der Waals surface area (Å²) in [6.45, 7) is 4.01. The van der Waals surface area contributed by atoms with E-state index >= 15 is 0 Å². The average Bonchev–Trinajstić information content (AvgIpc) is 3.35. The third-order valence-electron chi connectivity index (χ3n) is 7.13. The van der Waals surface area contributed by atoms with E-state index in [2.05, 4.69) is 20.9 Å². The van der Waals surface area contributed by atoms with Crippen LogP contribution < -0.4 is 33.2 Å². The summed E-state index contributed by atoms with van der Waals surface area (Å²) in [6.07, 6.45) is 3.56. The third kappa shape index (κ3) is 10.2. The summed E-state index contributed by atoms with van der Waals surface area (Å²) in [5.74, 6) is -4.06. The van der Waals surface area contributed by atoms with Crippen LogP contribution in [0.3, 0.4) is 0 Å². The number of hydrogen-bond acceptors (Lipinski definition) is 7. The molecule has 0 bridgehead atoms. The van der Waals surface area contributed by atoms with Crippen LogP contribution in [-0.2, 0) is 30.4 Å². The number of aromatic nitrogens is 1. The normalized spacial score (nSPS) is 14.8. The molecule has 0 saturated carbocycles. The number of H-pyrrole nitrogens is 1. The molecule has 0 spiro atoms. The van der Waals surface area contributed by atoms with Gasteiger partial charge in [0.25, 0.3) is 0 Å². The second-order valence-corrected chi connectivity index (χ2v) is 10.3. The van der Waals surface area contributed by atoms with Gasteiger partial charge < -0.3 is 43.2 Å². The smallest absolute Gasteiger partial charge is 0.326 e. The number of hydrogen-bond donors (Lipinski definition) is 8. The highest BCUT2D eigenvalue weighted by molar-refractivity contribution is 5.95. The highest BCUT2D eigenvalue weighted by Crippen LogP contribution is 2.20. The Morgan fingerprint density at radius 3 is 2.27 bits per heavy atom. The van der Waals surface area contributed by atoms with Crippen molar-refractivity contribution in [1.29, 1.82) is 0 Å². The van der Waals surface area contributed by atoms with Crippen molar-refractivity contribution in [2.24, 2.45) is 23.1 Å². The number of rotatable bonds is 18. The quantitative estimate of drug-likeness (QED) is 0.113. The number of nitrogens with one attached hydrogen (secondary N) is 4. The molecule has 0 fully saturated rings. The summed E-state index contributed by atoms with van der Waals surface area (Å²) in [5, 5.41) is 18.4. The first-order chi connectivity index (χ1) is 19.5. The lowest BCUT2D eigenvalue weighted by Gasteiger charge is -2.28. The molecule has 13 heteroatoms. The minimum Gasteiger partial charge on any atom is -0.480 e. The van der Waals surface area contributed by atoms with E-state index < -0.39 is 53.8 Å². The van der Waals surface area contributed by atoms with Crippen molar-refractivity contribution in [3.8, 4) is 0 Å². The maximum Gasteiger partial charge on any atom is 0.326 e. The fraction of sp³-hybridized carbons (Fsp3) is 0.536. The number of benzene rings is 1. The molecule has 1 heterocycles. The first-order valence-electron chi connectivity index (χ1n) is 13.9. The zero-order valence-electron chi connectivity index (χ0n) is 23.7. The van der Waals surface area contributed by atoms with Crippen LogP contribution >= 0.6 is 0 Å². The number of carbonyl (C=O) groups is 5. The number of carboxylic acids is 1. The largest absolute Gasteiger partial charge is 0.480 e. The molecule has 226 valence electrons. The van der Waals surface area contributed by atoms with Gasteiger partial charge in [-0.3, -0.25) is 19.2 Å². The highest BCUT2D eigenvalue weighted by atomic mass is 16.4. The van der Waals surface area contributed by atoms with Crippen molar-refractivity contribution in [2.45, 2.75) is 83.0 Å². The third-order valence-corrected chi connectivity index (χ3v) is 7.13. The fourth-order valence-corrected chi connectivity index (χ4v) is 4.40. The van der Waals surface area contributed by atoms with Gasteiger partial charge >= 0.3 is 5.97 Å². The van der Waals surface area contributed by atoms with E-state index in [1.54, 1.807) is 13.1 Å². The summed E-state index contributed by atoms with van der Waals surface area (Å²) in [7, 11) is 0. The molecular weight excluding hydrogens is 530 g/mol. The Morgan fingerprint density at radius 2 is 1.63 bits per heavy atom. The standard InChI is InChI=1S/C28H43N7O6/c1-3-16(2)24(27(39)33-21(28(40)41)10-6-7-13-29)35-26(38)22(34-25(37)19(30)11-12-23(31)36)14-17-15-32-20-9-5-4-8-18(17)20/h4-5,8-9,15-16,19,21-22,24,32H,3,6-7,10-14,29-30H2,1-2H3,(H2,31,36)(H,33,39)(H,34,37)(H,35,38)(H,40,41). The summed E-state index contributed by atoms with van der Waals surface area (Å²) in [5.41, 5.74) is 18.2. The molecule has 4 amide bonds. The Kier molecular flexibility index (Phi) is 13.2. The summed E-state index contributed by atoms with van der Waals surface area (Å²) < 4.78 is 0. The van der Waals surface area contributed by atoms with Gasteiger partial charge in [-0.15, -0.1) is 0 Å². The van der Waals surface area contributed by atoms with Crippen LogP contribution in [0.5, 0.6) is 0 Å². The van der Waals surface area contributed by atoms with Gasteiger partial charge in [-0.1, -0.05) is 38.5 Å². The SMILES string of the molecule is CCC(C)C(NC(=O)C(Cc1c[nH]c2ccccc12)NC(=O)C(N)CCC(N)=O)C(=O)NC(CCCCN)C(=O)O. The maximum absolute atomic E-state index is 13.6. The monoisotopic (exact) mass is 573 g/mol. The van der Waals surface area contributed by atoms with Crippen molar-refractivity contribution < 1.29 is 29.1 Å². The topological polar surface area (TPSA) is 236 Å². The van der Waals surface area contributed by atoms with Crippen molar-refractivity contribution in [3.05, 3.63) is 36.0 Å². The molecule has 5 atom stereocenters. The molecule has 11 N–H and O–H groups in total. The van der Waals surface area contributed by atoms with E-state index in [9.17, 15) is 29.1 Å². The van der Waals surface area contributed by atoms with Gasteiger partial charge in [0.1, 0.15) is 18.1 Å². The lowest BCUT2D eigenvalue weighted by atomic mass is 9.96. The van der Waals surface area contributed by atoms with E-state index in [-0.39, 0.29) is 31.6 Å². The molecular formula is C28H43N7O6. The number of primary amides is 1. The van der Waals surface area contributed by atoms with Crippen LogP contribution in [0, 0.1) is 5.92 Å².